The smallest absolute Gasteiger partial charge is 0.337 e. The molecule has 0 saturated carbocycles. The number of hydrogen-bond acceptors (Lipinski definition) is 3. The van der Waals surface area contributed by atoms with Crippen LogP contribution in [0, 0.1) is 5.82 Å². The molecule has 0 radical (unpaired) electrons. The van der Waals surface area contributed by atoms with Crippen molar-refractivity contribution in [2.75, 3.05) is 7.11 Å². The van der Waals surface area contributed by atoms with Crippen molar-refractivity contribution in [3.8, 4) is 11.3 Å². The molecule has 0 aliphatic rings. The number of carbonyl (C=O) groups excluding carboxylic acids is 1. The molecule has 1 aromatic carbocycles. The Labute approximate surface area is 114 Å². The second kappa shape index (κ2) is 5.40. The molecular weight excluding hydrogens is 271 g/mol. The van der Waals surface area contributed by atoms with Gasteiger partial charge in [0.05, 0.1) is 29.6 Å². The maximum absolute atomic E-state index is 13.6. The average Bonchev–Trinajstić information content (AvgIpc) is 2.78. The van der Waals surface area contributed by atoms with E-state index in [4.69, 9.17) is 11.6 Å². The topological polar surface area (TPSA) is 44.1 Å². The van der Waals surface area contributed by atoms with E-state index in [0.717, 1.165) is 6.07 Å². The van der Waals surface area contributed by atoms with Crippen LogP contribution in [0.3, 0.4) is 0 Å². The van der Waals surface area contributed by atoms with Gasteiger partial charge in [0.15, 0.2) is 0 Å². The maximum Gasteiger partial charge on any atom is 0.337 e. The van der Waals surface area contributed by atoms with Crippen LogP contribution in [0.5, 0.6) is 0 Å². The molecule has 4 nitrogen and oxygen atoms in total. The van der Waals surface area contributed by atoms with Crippen molar-refractivity contribution in [1.29, 1.82) is 0 Å². The molecule has 0 aliphatic carbocycles. The lowest BCUT2D eigenvalue weighted by atomic mass is 10.1. The first-order valence-electron chi connectivity index (χ1n) is 5.67. The fourth-order valence-corrected chi connectivity index (χ4v) is 2.10. The van der Waals surface area contributed by atoms with Gasteiger partial charge in [-0.1, -0.05) is 11.6 Å². The van der Waals surface area contributed by atoms with Gasteiger partial charge in [0.2, 0.25) is 0 Å². The second-order valence-corrected chi connectivity index (χ2v) is 4.28. The fourth-order valence-electron chi connectivity index (χ4n) is 1.85. The molecule has 0 spiro atoms. The van der Waals surface area contributed by atoms with E-state index < -0.39 is 11.8 Å². The number of rotatable bonds is 3. The Bertz CT molecular complexity index is 625. The highest BCUT2D eigenvalue weighted by Crippen LogP contribution is 2.29. The number of ether oxygens (including phenoxy) is 1. The number of halogens is 2. The molecule has 19 heavy (non-hydrogen) atoms. The van der Waals surface area contributed by atoms with Crippen LogP contribution < -0.4 is 0 Å². The van der Waals surface area contributed by atoms with Crippen LogP contribution in [0.4, 0.5) is 4.39 Å². The first-order chi connectivity index (χ1) is 9.06. The third-order valence-corrected chi connectivity index (χ3v) is 2.96. The summed E-state index contributed by atoms with van der Waals surface area (Å²) in [6.45, 7) is 2.49. The summed E-state index contributed by atoms with van der Waals surface area (Å²) in [6, 6.07) is 3.96. The van der Waals surface area contributed by atoms with Crippen LogP contribution in [0.25, 0.3) is 11.3 Å². The van der Waals surface area contributed by atoms with Crippen molar-refractivity contribution < 1.29 is 13.9 Å². The normalized spacial score (nSPS) is 10.5. The summed E-state index contributed by atoms with van der Waals surface area (Å²) in [5.74, 6) is -1.13. The monoisotopic (exact) mass is 282 g/mol. The summed E-state index contributed by atoms with van der Waals surface area (Å²) >= 11 is 6.05. The minimum Gasteiger partial charge on any atom is -0.465 e. The zero-order chi connectivity index (χ0) is 14.0. The minimum absolute atomic E-state index is 0.136. The standard InChI is InChI=1S/C13H12ClFN2O2/c1-3-17-12(11(14)7-16-17)8-4-9(13(18)19-2)6-10(15)5-8/h4-7H,3H2,1-2H3. The first-order valence-corrected chi connectivity index (χ1v) is 6.05. The second-order valence-electron chi connectivity index (χ2n) is 3.88. The number of hydrogen-bond donors (Lipinski definition) is 0. The lowest BCUT2D eigenvalue weighted by Crippen LogP contribution is -2.04. The SMILES string of the molecule is CCn1ncc(Cl)c1-c1cc(F)cc(C(=O)OC)c1. The van der Waals surface area contributed by atoms with Crippen molar-refractivity contribution in [1.82, 2.24) is 9.78 Å². The molecule has 1 aromatic heterocycles. The summed E-state index contributed by atoms with van der Waals surface area (Å²) in [5.41, 5.74) is 1.20. The van der Waals surface area contributed by atoms with Gasteiger partial charge >= 0.3 is 5.97 Å². The highest BCUT2D eigenvalue weighted by molar-refractivity contribution is 6.33. The van der Waals surface area contributed by atoms with Gasteiger partial charge in [0.1, 0.15) is 5.82 Å². The lowest BCUT2D eigenvalue weighted by molar-refractivity contribution is 0.0600. The molecule has 2 aromatic rings. The largest absolute Gasteiger partial charge is 0.465 e. The third-order valence-electron chi connectivity index (χ3n) is 2.69. The van der Waals surface area contributed by atoms with E-state index in [0.29, 0.717) is 22.8 Å². The summed E-state index contributed by atoms with van der Waals surface area (Å²) < 4.78 is 19.8. The number of esters is 1. The predicted octanol–water partition coefficient (Wildman–Crippen LogP) is 3.15. The highest BCUT2D eigenvalue weighted by atomic mass is 35.5. The highest BCUT2D eigenvalue weighted by Gasteiger charge is 2.15. The van der Waals surface area contributed by atoms with Crippen molar-refractivity contribution in [3.05, 3.63) is 40.8 Å². The number of methoxy groups -OCH3 is 1. The predicted molar refractivity (Wildman–Crippen MR) is 69.6 cm³/mol. The number of benzene rings is 1. The maximum atomic E-state index is 13.6. The zero-order valence-electron chi connectivity index (χ0n) is 10.5. The molecular formula is C13H12ClFN2O2. The van der Waals surface area contributed by atoms with Gasteiger partial charge in [0, 0.05) is 12.1 Å². The third kappa shape index (κ3) is 2.61. The van der Waals surface area contributed by atoms with E-state index in [1.54, 1.807) is 4.68 Å². The fraction of sp³-hybridized carbons (Fsp3) is 0.231. The molecule has 0 bridgehead atoms. The molecule has 0 saturated heterocycles. The summed E-state index contributed by atoms with van der Waals surface area (Å²) in [4.78, 5) is 11.5. The summed E-state index contributed by atoms with van der Waals surface area (Å²) in [5, 5.41) is 4.49. The minimum atomic E-state index is -0.598. The lowest BCUT2D eigenvalue weighted by Gasteiger charge is -2.08. The van der Waals surface area contributed by atoms with E-state index in [2.05, 4.69) is 9.84 Å². The summed E-state index contributed by atoms with van der Waals surface area (Å²) in [6.07, 6.45) is 1.49. The van der Waals surface area contributed by atoms with Crippen molar-refractivity contribution in [3.63, 3.8) is 0 Å². The van der Waals surface area contributed by atoms with Crippen molar-refractivity contribution in [2.45, 2.75) is 13.5 Å². The van der Waals surface area contributed by atoms with E-state index in [1.165, 1.54) is 25.4 Å². The quantitative estimate of drug-likeness (QED) is 0.812. The molecule has 6 heteroatoms. The number of carbonyl (C=O) groups is 1. The van der Waals surface area contributed by atoms with Crippen LogP contribution in [0.2, 0.25) is 5.02 Å². The van der Waals surface area contributed by atoms with Gasteiger partial charge < -0.3 is 4.74 Å². The number of nitrogens with zero attached hydrogens (tertiary/aromatic N) is 2. The van der Waals surface area contributed by atoms with Crippen LogP contribution >= 0.6 is 11.6 Å². The van der Waals surface area contributed by atoms with Gasteiger partial charge in [-0.25, -0.2) is 9.18 Å². The van der Waals surface area contributed by atoms with E-state index in [-0.39, 0.29) is 5.56 Å². The van der Waals surface area contributed by atoms with Crippen molar-refractivity contribution >= 4 is 17.6 Å². The molecule has 0 unspecified atom stereocenters. The summed E-state index contributed by atoms with van der Waals surface area (Å²) in [7, 11) is 1.25. The molecule has 0 atom stereocenters. The number of aromatic nitrogens is 2. The first kappa shape index (κ1) is 13.5. The van der Waals surface area contributed by atoms with E-state index >= 15 is 0 Å². The van der Waals surface area contributed by atoms with E-state index in [1.807, 2.05) is 6.92 Å². The van der Waals surface area contributed by atoms with Gasteiger partial charge in [-0.05, 0) is 25.1 Å². The van der Waals surface area contributed by atoms with Crippen LogP contribution in [0.1, 0.15) is 17.3 Å². The van der Waals surface area contributed by atoms with Gasteiger partial charge in [0.25, 0.3) is 0 Å². The number of aryl methyl sites for hydroxylation is 1. The molecule has 0 N–H and O–H groups in total. The molecule has 0 aliphatic heterocycles. The molecule has 1 heterocycles. The Kier molecular flexibility index (Phi) is 3.85. The Morgan fingerprint density at radius 1 is 1.47 bits per heavy atom. The van der Waals surface area contributed by atoms with Crippen molar-refractivity contribution in [2.24, 2.45) is 0 Å². The molecule has 0 amide bonds. The van der Waals surface area contributed by atoms with Crippen LogP contribution in [0.15, 0.2) is 24.4 Å². The average molecular weight is 283 g/mol. The Hall–Kier alpha value is -1.88. The molecule has 0 fully saturated rings. The van der Waals surface area contributed by atoms with Crippen LogP contribution in [-0.2, 0) is 11.3 Å². The Morgan fingerprint density at radius 2 is 2.21 bits per heavy atom. The van der Waals surface area contributed by atoms with E-state index in [9.17, 15) is 9.18 Å². The van der Waals surface area contributed by atoms with Crippen LogP contribution in [-0.4, -0.2) is 22.9 Å². The molecule has 100 valence electrons. The Balaban J connectivity index is 2.59. The van der Waals surface area contributed by atoms with Gasteiger partial charge in [-0.3, -0.25) is 4.68 Å². The van der Waals surface area contributed by atoms with Gasteiger partial charge in [-0.15, -0.1) is 0 Å². The Morgan fingerprint density at radius 3 is 2.84 bits per heavy atom. The zero-order valence-corrected chi connectivity index (χ0v) is 11.2. The molecule has 2 rings (SSSR count). The van der Waals surface area contributed by atoms with Gasteiger partial charge in [-0.2, -0.15) is 5.10 Å².